The molecule has 0 radical (unpaired) electrons. The number of hydrogen-bond acceptors (Lipinski definition) is 3. The van der Waals surface area contributed by atoms with E-state index < -0.39 is 9.05 Å². The van der Waals surface area contributed by atoms with Crippen molar-refractivity contribution in [2.45, 2.75) is 38.5 Å². The largest absolute Gasteiger partial charge is 0.352 e. The summed E-state index contributed by atoms with van der Waals surface area (Å²) in [6.07, 6.45) is 1.99. The maximum Gasteiger partial charge on any atom is 0.261 e. The Kier molecular flexibility index (Phi) is 6.02. The second-order valence-electron chi connectivity index (χ2n) is 5.21. The van der Waals surface area contributed by atoms with Crippen molar-refractivity contribution in [2.75, 3.05) is 6.54 Å². The molecule has 1 N–H and O–H groups in total. The molecule has 1 rings (SSSR count). The van der Waals surface area contributed by atoms with Crippen LogP contribution in [0.3, 0.4) is 0 Å². The first-order valence-electron chi connectivity index (χ1n) is 6.55. The van der Waals surface area contributed by atoms with Gasteiger partial charge in [-0.25, -0.2) is 8.42 Å². The summed E-state index contributed by atoms with van der Waals surface area (Å²) in [7, 11) is 1.51. The van der Waals surface area contributed by atoms with Gasteiger partial charge in [-0.15, -0.1) is 0 Å². The molecule has 6 heteroatoms. The molecule has 20 heavy (non-hydrogen) atoms. The highest BCUT2D eigenvalue weighted by molar-refractivity contribution is 8.13. The van der Waals surface area contributed by atoms with Gasteiger partial charge < -0.3 is 5.32 Å². The maximum absolute atomic E-state index is 12.0. The van der Waals surface area contributed by atoms with Crippen LogP contribution in [0.15, 0.2) is 23.1 Å². The minimum atomic E-state index is -3.76. The van der Waals surface area contributed by atoms with Crippen molar-refractivity contribution in [3.63, 3.8) is 0 Å². The summed E-state index contributed by atoms with van der Waals surface area (Å²) >= 11 is 0. The molecular formula is C14H20ClNO3S. The molecule has 0 aliphatic carbocycles. The molecule has 4 nitrogen and oxygen atoms in total. The molecule has 0 bridgehead atoms. The van der Waals surface area contributed by atoms with Crippen LogP contribution in [0.25, 0.3) is 0 Å². The molecule has 0 aliphatic rings. The van der Waals surface area contributed by atoms with Crippen LogP contribution in [0.1, 0.15) is 42.6 Å². The zero-order valence-electron chi connectivity index (χ0n) is 11.9. The van der Waals surface area contributed by atoms with E-state index in [-0.39, 0.29) is 10.8 Å². The molecule has 0 atom stereocenters. The van der Waals surface area contributed by atoms with Gasteiger partial charge in [0, 0.05) is 22.8 Å². The fourth-order valence-corrected chi connectivity index (χ4v) is 2.69. The van der Waals surface area contributed by atoms with Gasteiger partial charge >= 0.3 is 0 Å². The average molecular weight is 318 g/mol. The molecule has 1 aromatic rings. The van der Waals surface area contributed by atoms with Crippen LogP contribution in [-0.4, -0.2) is 20.9 Å². The molecule has 0 heterocycles. The van der Waals surface area contributed by atoms with Crippen molar-refractivity contribution >= 4 is 25.6 Å². The average Bonchev–Trinajstić information content (AvgIpc) is 2.32. The summed E-state index contributed by atoms with van der Waals surface area (Å²) in [4.78, 5) is 12.0. The van der Waals surface area contributed by atoms with Crippen LogP contribution < -0.4 is 5.32 Å². The molecule has 1 aromatic carbocycles. The van der Waals surface area contributed by atoms with Crippen molar-refractivity contribution in [3.8, 4) is 0 Å². The van der Waals surface area contributed by atoms with Gasteiger partial charge in [-0.3, -0.25) is 4.79 Å². The Bertz CT molecular complexity index is 582. The van der Waals surface area contributed by atoms with Crippen LogP contribution in [0, 0.1) is 12.8 Å². The number of carbonyl (C=O) groups excluding carboxylic acids is 1. The first-order chi connectivity index (χ1) is 9.21. The molecular weight excluding hydrogens is 298 g/mol. The number of amides is 1. The number of aryl methyl sites for hydroxylation is 1. The van der Waals surface area contributed by atoms with Crippen LogP contribution in [0.5, 0.6) is 0 Å². The summed E-state index contributed by atoms with van der Waals surface area (Å²) in [5.41, 5.74) is 1.06. The third-order valence-electron chi connectivity index (χ3n) is 2.97. The van der Waals surface area contributed by atoms with Crippen LogP contribution in [-0.2, 0) is 9.05 Å². The summed E-state index contributed by atoms with van der Waals surface area (Å²) < 4.78 is 22.4. The SMILES string of the molecule is Cc1cc(S(=O)(=O)Cl)ccc1C(=O)NCCCC(C)C. The highest BCUT2D eigenvalue weighted by atomic mass is 35.7. The van der Waals surface area contributed by atoms with Crippen molar-refractivity contribution in [3.05, 3.63) is 29.3 Å². The van der Waals surface area contributed by atoms with E-state index in [9.17, 15) is 13.2 Å². The minimum Gasteiger partial charge on any atom is -0.352 e. The van der Waals surface area contributed by atoms with Crippen molar-refractivity contribution in [2.24, 2.45) is 5.92 Å². The van der Waals surface area contributed by atoms with E-state index in [0.717, 1.165) is 12.8 Å². The number of benzene rings is 1. The Morgan fingerprint density at radius 3 is 2.50 bits per heavy atom. The Balaban J connectivity index is 2.70. The van der Waals surface area contributed by atoms with Gasteiger partial charge in [-0.2, -0.15) is 0 Å². The highest BCUT2D eigenvalue weighted by Gasteiger charge is 2.14. The molecule has 0 spiro atoms. The third kappa shape index (κ3) is 5.13. The number of rotatable bonds is 6. The Labute approximate surface area is 124 Å². The predicted octanol–water partition coefficient (Wildman–Crippen LogP) is 3.09. The first-order valence-corrected chi connectivity index (χ1v) is 8.86. The molecule has 0 unspecified atom stereocenters. The lowest BCUT2D eigenvalue weighted by molar-refractivity contribution is 0.0952. The van der Waals surface area contributed by atoms with Crippen molar-refractivity contribution < 1.29 is 13.2 Å². The van der Waals surface area contributed by atoms with Crippen molar-refractivity contribution in [1.29, 1.82) is 0 Å². The van der Waals surface area contributed by atoms with Gasteiger partial charge in [-0.05, 0) is 49.4 Å². The number of nitrogens with one attached hydrogen (secondary N) is 1. The third-order valence-corrected chi connectivity index (χ3v) is 4.32. The van der Waals surface area contributed by atoms with Gasteiger partial charge in [0.1, 0.15) is 0 Å². The number of carbonyl (C=O) groups is 1. The first kappa shape index (κ1) is 17.0. The molecule has 0 aliphatic heterocycles. The van der Waals surface area contributed by atoms with E-state index in [4.69, 9.17) is 10.7 Å². The molecule has 0 saturated carbocycles. The zero-order valence-corrected chi connectivity index (χ0v) is 13.5. The summed E-state index contributed by atoms with van der Waals surface area (Å²) in [5, 5.41) is 2.83. The quantitative estimate of drug-likeness (QED) is 0.647. The Hall–Kier alpha value is -1.07. The Morgan fingerprint density at radius 2 is 2.00 bits per heavy atom. The number of halogens is 1. The molecule has 0 fully saturated rings. The topological polar surface area (TPSA) is 63.2 Å². The highest BCUT2D eigenvalue weighted by Crippen LogP contribution is 2.19. The summed E-state index contributed by atoms with van der Waals surface area (Å²) in [6.45, 7) is 6.58. The Morgan fingerprint density at radius 1 is 1.35 bits per heavy atom. The van der Waals surface area contributed by atoms with Crippen LogP contribution >= 0.6 is 10.7 Å². The minimum absolute atomic E-state index is 0.00743. The lowest BCUT2D eigenvalue weighted by Gasteiger charge is -2.09. The molecule has 1 amide bonds. The second kappa shape index (κ2) is 7.09. The van der Waals surface area contributed by atoms with Crippen molar-refractivity contribution in [1.82, 2.24) is 5.32 Å². The monoisotopic (exact) mass is 317 g/mol. The zero-order chi connectivity index (χ0) is 15.3. The van der Waals surface area contributed by atoms with E-state index in [1.54, 1.807) is 6.92 Å². The normalized spacial score (nSPS) is 11.7. The summed E-state index contributed by atoms with van der Waals surface area (Å²) in [6, 6.07) is 4.24. The summed E-state index contributed by atoms with van der Waals surface area (Å²) in [5.74, 6) is 0.423. The fourth-order valence-electron chi connectivity index (χ4n) is 1.85. The van der Waals surface area contributed by atoms with E-state index in [1.165, 1.54) is 18.2 Å². The molecule has 112 valence electrons. The van der Waals surface area contributed by atoms with E-state index in [0.29, 0.717) is 23.6 Å². The van der Waals surface area contributed by atoms with Gasteiger partial charge in [0.25, 0.3) is 15.0 Å². The van der Waals surface area contributed by atoms with E-state index in [2.05, 4.69) is 19.2 Å². The fraction of sp³-hybridized carbons (Fsp3) is 0.500. The molecule has 0 saturated heterocycles. The lowest BCUT2D eigenvalue weighted by Crippen LogP contribution is -2.25. The lowest BCUT2D eigenvalue weighted by atomic mass is 10.1. The standard InChI is InChI=1S/C14H20ClNO3S/c1-10(2)5-4-8-16-14(17)13-7-6-12(9-11(13)3)20(15,18)19/h6-7,9-10H,4-5,8H2,1-3H3,(H,16,17). The van der Waals surface area contributed by atoms with Gasteiger partial charge in [0.2, 0.25) is 0 Å². The second-order valence-corrected chi connectivity index (χ2v) is 7.77. The predicted molar refractivity (Wildman–Crippen MR) is 80.6 cm³/mol. The van der Waals surface area contributed by atoms with E-state index >= 15 is 0 Å². The van der Waals surface area contributed by atoms with E-state index in [1.807, 2.05) is 0 Å². The van der Waals surface area contributed by atoms with Gasteiger partial charge in [-0.1, -0.05) is 13.8 Å². The smallest absolute Gasteiger partial charge is 0.261 e. The maximum atomic E-state index is 12.0. The van der Waals surface area contributed by atoms with Gasteiger partial charge in [0.15, 0.2) is 0 Å². The van der Waals surface area contributed by atoms with Gasteiger partial charge in [0.05, 0.1) is 4.90 Å². The van der Waals surface area contributed by atoms with Crippen LogP contribution in [0.4, 0.5) is 0 Å². The van der Waals surface area contributed by atoms with Crippen LogP contribution in [0.2, 0.25) is 0 Å². The molecule has 0 aromatic heterocycles. The number of hydrogen-bond donors (Lipinski definition) is 1.